The number of nitrogens with one attached hydrogen (secondary N) is 2. The molecule has 1 atom stereocenters. The quantitative estimate of drug-likeness (QED) is 0.247. The molecule has 174 valence electrons. The highest BCUT2D eigenvalue weighted by atomic mass is 32.2. The molecule has 1 amide bonds. The third kappa shape index (κ3) is 6.43. The Morgan fingerprint density at radius 2 is 1.85 bits per heavy atom. The fourth-order valence-corrected chi connectivity index (χ4v) is 4.00. The van der Waals surface area contributed by atoms with Gasteiger partial charge in [-0.1, -0.05) is 54.6 Å². The molecular formula is C25H25N5O3S. The van der Waals surface area contributed by atoms with E-state index in [0.717, 1.165) is 22.3 Å². The number of nitrogens with two attached hydrogens (primary N) is 1. The van der Waals surface area contributed by atoms with Crippen LogP contribution >= 0.6 is 0 Å². The summed E-state index contributed by atoms with van der Waals surface area (Å²) in [7, 11) is -3.72. The molecule has 9 heteroatoms. The second-order valence-electron chi connectivity index (χ2n) is 7.53. The van der Waals surface area contributed by atoms with E-state index in [1.54, 1.807) is 24.3 Å². The molecule has 0 aromatic heterocycles. The Hall–Kier alpha value is -4.16. The second-order valence-corrected chi connectivity index (χ2v) is 9.54. The van der Waals surface area contributed by atoms with Gasteiger partial charge >= 0.3 is 0 Å². The van der Waals surface area contributed by atoms with E-state index in [-0.39, 0.29) is 12.2 Å². The summed E-state index contributed by atoms with van der Waals surface area (Å²) in [4.78, 5) is 12.9. The number of hydrogen-bond donors (Lipinski definition) is 3. The number of nitriles is 1. The zero-order valence-corrected chi connectivity index (χ0v) is 19.4. The van der Waals surface area contributed by atoms with Crippen molar-refractivity contribution >= 4 is 27.8 Å². The van der Waals surface area contributed by atoms with E-state index in [1.807, 2.05) is 48.5 Å². The van der Waals surface area contributed by atoms with Gasteiger partial charge in [-0.25, -0.2) is 8.42 Å². The first kappa shape index (κ1) is 24.5. The van der Waals surface area contributed by atoms with Crippen LogP contribution in [-0.4, -0.2) is 32.3 Å². The number of anilines is 1. The Kier molecular flexibility index (Phi) is 8.01. The first-order valence-corrected chi connectivity index (χ1v) is 12.2. The first-order chi connectivity index (χ1) is 16.3. The summed E-state index contributed by atoms with van der Waals surface area (Å²) in [6, 6.07) is 23.2. The molecular weight excluding hydrogens is 450 g/mol. The summed E-state index contributed by atoms with van der Waals surface area (Å²) in [6.07, 6.45) is 1.72. The smallest absolute Gasteiger partial charge is 0.256 e. The van der Waals surface area contributed by atoms with Gasteiger partial charge in [-0.05, 0) is 47.4 Å². The molecule has 34 heavy (non-hydrogen) atoms. The van der Waals surface area contributed by atoms with Crippen LogP contribution in [0.25, 0.3) is 11.1 Å². The van der Waals surface area contributed by atoms with Gasteiger partial charge in [0.1, 0.15) is 6.04 Å². The van der Waals surface area contributed by atoms with Crippen LogP contribution in [0.5, 0.6) is 0 Å². The molecule has 4 N–H and O–H groups in total. The maximum Gasteiger partial charge on any atom is 0.256 e. The van der Waals surface area contributed by atoms with Gasteiger partial charge in [-0.2, -0.15) is 10.4 Å². The Morgan fingerprint density at radius 1 is 1.12 bits per heavy atom. The highest BCUT2D eigenvalue weighted by Crippen LogP contribution is 2.25. The lowest BCUT2D eigenvalue weighted by molar-refractivity contribution is -0.120. The molecule has 0 spiro atoms. The number of carbonyl (C=O) groups is 1. The van der Waals surface area contributed by atoms with E-state index in [0.29, 0.717) is 11.3 Å². The van der Waals surface area contributed by atoms with Crippen LogP contribution < -0.4 is 15.9 Å². The zero-order chi connectivity index (χ0) is 24.6. The summed E-state index contributed by atoms with van der Waals surface area (Å²) in [5.74, 6) is 4.37. The van der Waals surface area contributed by atoms with E-state index < -0.39 is 22.0 Å². The maximum atomic E-state index is 12.9. The molecule has 0 saturated heterocycles. The average Bonchev–Trinajstić information content (AvgIpc) is 2.84. The summed E-state index contributed by atoms with van der Waals surface area (Å²) in [6.45, 7) is 1.46. The molecule has 0 radical (unpaired) electrons. The fourth-order valence-electron chi connectivity index (χ4n) is 3.41. The van der Waals surface area contributed by atoms with Crippen molar-refractivity contribution in [3.8, 4) is 17.2 Å². The number of rotatable bonds is 9. The van der Waals surface area contributed by atoms with Crippen molar-refractivity contribution < 1.29 is 13.2 Å². The van der Waals surface area contributed by atoms with Crippen LogP contribution in [0.4, 0.5) is 5.69 Å². The van der Waals surface area contributed by atoms with Gasteiger partial charge < -0.3 is 11.2 Å². The Labute approximate surface area is 199 Å². The normalized spacial score (nSPS) is 12.1. The van der Waals surface area contributed by atoms with E-state index in [1.165, 1.54) is 13.1 Å². The van der Waals surface area contributed by atoms with Crippen LogP contribution in [0.2, 0.25) is 0 Å². The lowest BCUT2D eigenvalue weighted by atomic mass is 10.00. The van der Waals surface area contributed by atoms with Gasteiger partial charge in [-0.3, -0.25) is 9.52 Å². The standard InChI is InChI=1S/C25H25N5O3S/c1-2-34(32,33)30-25(31)24(15-18-6-5-7-19(14-18)17-28-27)29-22-12-10-20(11-13-22)23-9-4-3-8-21(23)16-26/h3-14,17,24,29H,2,15,27H2,1H3,(H,30,31)/t24-/m0/s1. The van der Waals surface area contributed by atoms with Crippen molar-refractivity contribution in [3.63, 3.8) is 0 Å². The number of amides is 1. The molecule has 3 aromatic carbocycles. The number of hydrazone groups is 1. The number of nitrogens with zero attached hydrogens (tertiary/aromatic N) is 2. The van der Waals surface area contributed by atoms with Crippen LogP contribution in [-0.2, 0) is 21.2 Å². The van der Waals surface area contributed by atoms with Crippen molar-refractivity contribution in [2.45, 2.75) is 19.4 Å². The lowest BCUT2D eigenvalue weighted by Crippen LogP contribution is -2.44. The third-order valence-electron chi connectivity index (χ3n) is 5.15. The number of benzene rings is 3. The van der Waals surface area contributed by atoms with Gasteiger partial charge in [-0.15, -0.1) is 0 Å². The summed E-state index contributed by atoms with van der Waals surface area (Å²) < 4.78 is 26.1. The predicted octanol–water partition coefficient (Wildman–Crippen LogP) is 3.01. The van der Waals surface area contributed by atoms with Crippen LogP contribution in [0.15, 0.2) is 77.9 Å². The summed E-state index contributed by atoms with van der Waals surface area (Å²) in [5, 5.41) is 16.0. The Morgan fingerprint density at radius 3 is 2.53 bits per heavy atom. The zero-order valence-electron chi connectivity index (χ0n) is 18.6. The Balaban J connectivity index is 1.86. The third-order valence-corrected chi connectivity index (χ3v) is 6.42. The van der Waals surface area contributed by atoms with Crippen molar-refractivity contribution in [2.75, 3.05) is 11.1 Å². The molecule has 0 fully saturated rings. The second kappa shape index (κ2) is 11.1. The molecule has 0 aliphatic carbocycles. The molecule has 8 nitrogen and oxygen atoms in total. The van der Waals surface area contributed by atoms with E-state index >= 15 is 0 Å². The minimum absolute atomic E-state index is 0.207. The fraction of sp³-hybridized carbons (Fsp3) is 0.160. The highest BCUT2D eigenvalue weighted by molar-refractivity contribution is 7.90. The SMILES string of the molecule is CCS(=O)(=O)NC(=O)[C@H](Cc1cccc(C=NN)c1)Nc1ccc(-c2ccccc2C#N)cc1. The summed E-state index contributed by atoms with van der Waals surface area (Å²) >= 11 is 0. The van der Waals surface area contributed by atoms with Crippen LogP contribution in [0.3, 0.4) is 0 Å². The van der Waals surface area contributed by atoms with Gasteiger partial charge in [0.15, 0.2) is 0 Å². The van der Waals surface area contributed by atoms with Gasteiger partial charge in [0.2, 0.25) is 10.0 Å². The maximum absolute atomic E-state index is 12.9. The molecule has 0 heterocycles. The first-order valence-electron chi connectivity index (χ1n) is 10.6. The molecule has 3 rings (SSSR count). The molecule has 3 aromatic rings. The van der Waals surface area contributed by atoms with Crippen LogP contribution in [0.1, 0.15) is 23.6 Å². The van der Waals surface area contributed by atoms with Crippen molar-refractivity contribution in [3.05, 3.63) is 89.5 Å². The number of hydrogen-bond acceptors (Lipinski definition) is 7. The predicted molar refractivity (Wildman–Crippen MR) is 134 cm³/mol. The number of sulfonamides is 1. The average molecular weight is 476 g/mol. The van der Waals surface area contributed by atoms with Crippen molar-refractivity contribution in [1.29, 1.82) is 5.26 Å². The molecule has 0 saturated carbocycles. The van der Waals surface area contributed by atoms with Gasteiger partial charge in [0, 0.05) is 12.1 Å². The Bertz CT molecular complexity index is 1330. The van der Waals surface area contributed by atoms with E-state index in [9.17, 15) is 18.5 Å². The number of carbonyl (C=O) groups excluding carboxylic acids is 1. The van der Waals surface area contributed by atoms with Crippen LogP contribution in [0, 0.1) is 11.3 Å². The van der Waals surface area contributed by atoms with Crippen molar-refractivity contribution in [2.24, 2.45) is 10.9 Å². The highest BCUT2D eigenvalue weighted by Gasteiger charge is 2.23. The van der Waals surface area contributed by atoms with E-state index in [4.69, 9.17) is 5.84 Å². The monoisotopic (exact) mass is 475 g/mol. The molecule has 0 unspecified atom stereocenters. The molecule has 0 aliphatic heterocycles. The van der Waals surface area contributed by atoms with E-state index in [2.05, 4.69) is 21.2 Å². The minimum atomic E-state index is -3.72. The minimum Gasteiger partial charge on any atom is -0.373 e. The lowest BCUT2D eigenvalue weighted by Gasteiger charge is -2.20. The van der Waals surface area contributed by atoms with Gasteiger partial charge in [0.25, 0.3) is 5.91 Å². The summed E-state index contributed by atoms with van der Waals surface area (Å²) in [5.41, 5.74) is 4.42. The van der Waals surface area contributed by atoms with Crippen molar-refractivity contribution in [1.82, 2.24) is 4.72 Å². The largest absolute Gasteiger partial charge is 0.373 e. The topological polar surface area (TPSA) is 137 Å². The van der Waals surface area contributed by atoms with Gasteiger partial charge in [0.05, 0.1) is 23.6 Å². The molecule has 0 aliphatic rings. The molecule has 0 bridgehead atoms.